The van der Waals surface area contributed by atoms with Crippen molar-refractivity contribution in [1.82, 2.24) is 19.9 Å². The molecule has 0 amide bonds. The molecule has 0 fully saturated rings. The summed E-state index contributed by atoms with van der Waals surface area (Å²) in [6, 6.07) is 8.26. The first kappa shape index (κ1) is 20.9. The van der Waals surface area contributed by atoms with Crippen LogP contribution in [-0.4, -0.2) is 50.4 Å². The van der Waals surface area contributed by atoms with E-state index >= 15 is 0 Å². The van der Waals surface area contributed by atoms with Gasteiger partial charge >= 0.3 is 0 Å². The van der Waals surface area contributed by atoms with Gasteiger partial charge in [-0.15, -0.1) is 0 Å². The molecule has 0 atom stereocenters. The molecule has 152 valence electrons. The van der Waals surface area contributed by atoms with Crippen molar-refractivity contribution in [2.45, 2.75) is 33.2 Å². The van der Waals surface area contributed by atoms with Gasteiger partial charge in [-0.1, -0.05) is 31.7 Å². The number of hydrogen-bond donors (Lipinski definition) is 2. The largest absolute Gasteiger partial charge is 0.396 e. The molecule has 0 unspecified atom stereocenters. The average Bonchev–Trinajstić information content (AvgIpc) is 3.15. The number of hydrogen-bond acceptors (Lipinski definition) is 5. The number of unbranched alkanes of at least 4 members (excludes halogenated alkanes) is 1. The van der Waals surface area contributed by atoms with E-state index in [1.54, 1.807) is 19.3 Å². The smallest absolute Gasteiger partial charge is 0.191 e. The van der Waals surface area contributed by atoms with Crippen molar-refractivity contribution in [3.63, 3.8) is 0 Å². The number of aliphatic hydroxyl groups is 1. The van der Waals surface area contributed by atoms with Crippen molar-refractivity contribution in [2.75, 3.05) is 19.7 Å². The maximum absolute atomic E-state index is 12.4. The Bertz CT molecular complexity index is 1010. The van der Waals surface area contributed by atoms with Gasteiger partial charge in [0.05, 0.1) is 17.5 Å². The first-order chi connectivity index (χ1) is 14.0. The molecule has 6 heteroatoms. The highest BCUT2D eigenvalue weighted by Crippen LogP contribution is 2.23. The molecule has 2 N–H and O–H groups in total. The highest BCUT2D eigenvalue weighted by atomic mass is 16.2. The van der Waals surface area contributed by atoms with E-state index in [1.807, 2.05) is 12.1 Å². The Morgan fingerprint density at radius 3 is 2.86 bits per heavy atom. The maximum Gasteiger partial charge on any atom is 0.191 e. The molecular weight excluding hydrogens is 364 g/mol. The normalized spacial score (nSPS) is 11.3. The van der Waals surface area contributed by atoms with Crippen LogP contribution in [0.4, 0.5) is 0 Å². The maximum atomic E-state index is 12.4. The van der Waals surface area contributed by atoms with Crippen LogP contribution in [0.1, 0.15) is 42.6 Å². The summed E-state index contributed by atoms with van der Waals surface area (Å²) >= 11 is 0. The molecule has 0 bridgehead atoms. The Morgan fingerprint density at radius 2 is 2.14 bits per heavy atom. The van der Waals surface area contributed by atoms with E-state index in [1.165, 1.54) is 5.56 Å². The Morgan fingerprint density at radius 1 is 1.31 bits per heavy atom. The van der Waals surface area contributed by atoms with Crippen LogP contribution in [0.2, 0.25) is 0 Å². The van der Waals surface area contributed by atoms with E-state index in [-0.39, 0.29) is 12.4 Å². The van der Waals surface area contributed by atoms with E-state index in [9.17, 15) is 4.79 Å². The minimum atomic E-state index is -0.127. The van der Waals surface area contributed by atoms with Gasteiger partial charge in [0.25, 0.3) is 0 Å². The molecule has 0 aliphatic rings. The average molecular weight is 393 g/mol. The van der Waals surface area contributed by atoms with Crippen molar-refractivity contribution in [2.24, 2.45) is 0 Å². The Hall–Kier alpha value is -2.83. The summed E-state index contributed by atoms with van der Waals surface area (Å²) in [5, 5.41) is 8.99. The molecule has 6 nitrogen and oxygen atoms in total. The number of aromatic nitrogens is 3. The molecule has 3 rings (SSSR count). The monoisotopic (exact) mass is 392 g/mol. The van der Waals surface area contributed by atoms with Gasteiger partial charge in [-0.05, 0) is 50.1 Å². The minimum absolute atomic E-state index is 0.127. The van der Waals surface area contributed by atoms with Crippen molar-refractivity contribution in [1.29, 1.82) is 0 Å². The number of carbonyl (C=O) groups excluding carboxylic acids is 1. The number of ketones is 1. The third-order valence-corrected chi connectivity index (χ3v) is 4.97. The van der Waals surface area contributed by atoms with Gasteiger partial charge in [0.15, 0.2) is 11.4 Å². The van der Waals surface area contributed by atoms with E-state index in [4.69, 9.17) is 10.1 Å². The molecule has 2 heterocycles. The Kier molecular flexibility index (Phi) is 6.90. The van der Waals surface area contributed by atoms with Crippen LogP contribution < -0.4 is 0 Å². The summed E-state index contributed by atoms with van der Waals surface area (Å²) in [6.45, 7) is 10.6. The lowest BCUT2D eigenvalue weighted by molar-refractivity contribution is 0.103. The number of benzene rings is 1. The summed E-state index contributed by atoms with van der Waals surface area (Å²) in [5.41, 5.74) is 5.04. The Labute approximate surface area is 171 Å². The van der Waals surface area contributed by atoms with Gasteiger partial charge in [-0.25, -0.2) is 9.97 Å². The lowest BCUT2D eigenvalue weighted by Gasteiger charge is -2.20. The lowest BCUT2D eigenvalue weighted by Crippen LogP contribution is -2.24. The van der Waals surface area contributed by atoms with Crippen LogP contribution >= 0.6 is 0 Å². The van der Waals surface area contributed by atoms with Gasteiger partial charge in [-0.3, -0.25) is 9.69 Å². The zero-order valence-corrected chi connectivity index (χ0v) is 17.1. The van der Waals surface area contributed by atoms with Gasteiger partial charge in [0, 0.05) is 24.9 Å². The number of H-pyrrole nitrogens is 1. The van der Waals surface area contributed by atoms with Gasteiger partial charge < -0.3 is 10.1 Å². The van der Waals surface area contributed by atoms with E-state index in [0.717, 1.165) is 43.7 Å². The molecule has 0 aliphatic heterocycles. The van der Waals surface area contributed by atoms with Crippen LogP contribution in [0.3, 0.4) is 0 Å². The zero-order valence-electron chi connectivity index (χ0n) is 17.1. The topological polar surface area (TPSA) is 82.1 Å². The van der Waals surface area contributed by atoms with E-state index < -0.39 is 0 Å². The third kappa shape index (κ3) is 4.96. The lowest BCUT2D eigenvalue weighted by atomic mass is 10.1. The quantitative estimate of drug-likeness (QED) is 0.310. The van der Waals surface area contributed by atoms with E-state index in [2.05, 4.69) is 40.5 Å². The van der Waals surface area contributed by atoms with Gasteiger partial charge in [-0.2, -0.15) is 0 Å². The summed E-state index contributed by atoms with van der Waals surface area (Å²) in [6.07, 6.45) is 5.19. The second kappa shape index (κ2) is 9.58. The SMILES string of the molecule is C=C(C)C(=O)c1c[nH]c2ncc(-c3cccc(CN(CC)CCCCO)c3)nc12. The fraction of sp³-hybridized carbons (Fsp3) is 0.348. The number of rotatable bonds is 10. The number of aliphatic hydroxyl groups excluding tert-OH is 1. The fourth-order valence-corrected chi connectivity index (χ4v) is 3.32. The molecule has 0 spiro atoms. The number of fused-ring (bicyclic) bond motifs is 1. The van der Waals surface area contributed by atoms with E-state index in [0.29, 0.717) is 22.3 Å². The van der Waals surface area contributed by atoms with Crippen LogP contribution in [0, 0.1) is 0 Å². The molecular formula is C23H28N4O2. The molecule has 2 aromatic heterocycles. The summed E-state index contributed by atoms with van der Waals surface area (Å²) < 4.78 is 0. The molecule has 1 aromatic carbocycles. The number of nitrogens with zero attached hydrogens (tertiary/aromatic N) is 3. The molecule has 0 saturated heterocycles. The van der Waals surface area contributed by atoms with Crippen molar-refractivity contribution in [3.05, 3.63) is 59.9 Å². The molecule has 0 saturated carbocycles. The second-order valence-corrected chi connectivity index (χ2v) is 7.26. The van der Waals surface area contributed by atoms with Crippen molar-refractivity contribution < 1.29 is 9.90 Å². The molecule has 0 radical (unpaired) electrons. The number of nitrogens with one attached hydrogen (secondary N) is 1. The predicted octanol–water partition coefficient (Wildman–Crippen LogP) is 3.98. The number of Topliss-reactive ketones (excluding diaryl/α,β-unsaturated/α-hetero) is 1. The molecule has 0 aliphatic carbocycles. The van der Waals surface area contributed by atoms with Crippen LogP contribution in [0.5, 0.6) is 0 Å². The van der Waals surface area contributed by atoms with Gasteiger partial charge in [0.1, 0.15) is 5.52 Å². The highest BCUT2D eigenvalue weighted by molar-refractivity contribution is 6.14. The number of allylic oxidation sites excluding steroid dienone is 1. The first-order valence-corrected chi connectivity index (χ1v) is 10.00. The van der Waals surface area contributed by atoms with Crippen LogP contribution in [0.15, 0.2) is 48.8 Å². The van der Waals surface area contributed by atoms with Crippen molar-refractivity contribution >= 4 is 16.9 Å². The van der Waals surface area contributed by atoms with Gasteiger partial charge in [0.2, 0.25) is 0 Å². The third-order valence-electron chi connectivity index (χ3n) is 4.97. The standard InChI is InChI=1S/C23H28N4O2/c1-4-27(10-5-6-11-28)15-17-8-7-9-18(12-17)20-14-25-23-21(26-20)19(13-24-23)22(29)16(2)3/h7-9,12-14,28H,2,4-6,10-11,15H2,1,3H3,(H,24,25). The zero-order chi connectivity index (χ0) is 20.8. The van der Waals surface area contributed by atoms with Crippen LogP contribution in [-0.2, 0) is 6.54 Å². The first-order valence-electron chi connectivity index (χ1n) is 10.00. The number of carbonyl (C=O) groups is 1. The number of aromatic amines is 1. The molecule has 29 heavy (non-hydrogen) atoms. The second-order valence-electron chi connectivity index (χ2n) is 7.26. The van der Waals surface area contributed by atoms with Crippen LogP contribution in [0.25, 0.3) is 22.4 Å². The van der Waals surface area contributed by atoms with Crippen molar-refractivity contribution in [3.8, 4) is 11.3 Å². The highest BCUT2D eigenvalue weighted by Gasteiger charge is 2.16. The predicted molar refractivity (Wildman–Crippen MR) is 116 cm³/mol. The summed E-state index contributed by atoms with van der Waals surface area (Å²) in [4.78, 5) is 26.9. The summed E-state index contributed by atoms with van der Waals surface area (Å²) in [5.74, 6) is -0.127. The fourth-order valence-electron chi connectivity index (χ4n) is 3.32. The minimum Gasteiger partial charge on any atom is -0.396 e. The summed E-state index contributed by atoms with van der Waals surface area (Å²) in [7, 11) is 0. The Balaban J connectivity index is 1.86. The molecule has 3 aromatic rings.